The highest BCUT2D eigenvalue weighted by atomic mass is 16.5. The zero-order valence-electron chi connectivity index (χ0n) is 11.9. The van der Waals surface area contributed by atoms with Crippen LogP contribution in [0.3, 0.4) is 0 Å². The molecule has 0 saturated carbocycles. The topological polar surface area (TPSA) is 29.5 Å². The minimum Gasteiger partial charge on any atom is -0.492 e. The first-order valence-corrected chi connectivity index (χ1v) is 7.11. The van der Waals surface area contributed by atoms with E-state index in [1.54, 1.807) is 6.92 Å². The Balaban J connectivity index is 1.74. The summed E-state index contributed by atoms with van der Waals surface area (Å²) in [5, 5.41) is 0. The van der Waals surface area contributed by atoms with Crippen LogP contribution in [-0.4, -0.2) is 36.9 Å². The standard InChI is InChI=1S/C16H23NO2/c1-13-4-3-9-17(12-13)10-11-19-16-7-5-15(6-8-16)14(2)18/h5-8,13H,3-4,9-12H2,1-2H3/t13-/m0/s1. The molecule has 0 bridgehead atoms. The Kier molecular flexibility index (Phi) is 4.97. The second kappa shape index (κ2) is 6.71. The van der Waals surface area contributed by atoms with Crippen LogP contribution in [0.2, 0.25) is 0 Å². The SMILES string of the molecule is CC(=O)c1ccc(OCCN2CCC[C@H](C)C2)cc1. The zero-order chi connectivity index (χ0) is 13.7. The number of Topliss-reactive ketones (excluding diaryl/α,β-unsaturated/α-hetero) is 1. The number of benzene rings is 1. The van der Waals surface area contributed by atoms with Crippen LogP contribution in [0.1, 0.15) is 37.0 Å². The minimum atomic E-state index is 0.0915. The van der Waals surface area contributed by atoms with E-state index in [2.05, 4.69) is 11.8 Å². The lowest BCUT2D eigenvalue weighted by molar-refractivity contribution is 0.101. The molecule has 19 heavy (non-hydrogen) atoms. The van der Waals surface area contributed by atoms with E-state index in [9.17, 15) is 4.79 Å². The van der Waals surface area contributed by atoms with Gasteiger partial charge in [0.05, 0.1) is 0 Å². The average Bonchev–Trinajstić information content (AvgIpc) is 2.39. The molecule has 1 aromatic carbocycles. The number of ether oxygens (including phenoxy) is 1. The zero-order valence-corrected chi connectivity index (χ0v) is 11.9. The lowest BCUT2D eigenvalue weighted by Crippen LogP contribution is -2.37. The van der Waals surface area contributed by atoms with E-state index in [1.807, 2.05) is 24.3 Å². The summed E-state index contributed by atoms with van der Waals surface area (Å²) in [6, 6.07) is 7.38. The van der Waals surface area contributed by atoms with Crippen molar-refractivity contribution >= 4 is 5.78 Å². The molecule has 0 spiro atoms. The molecule has 1 aliphatic heterocycles. The van der Waals surface area contributed by atoms with Gasteiger partial charge in [-0.15, -0.1) is 0 Å². The molecule has 3 heteroatoms. The molecule has 1 aromatic rings. The average molecular weight is 261 g/mol. The van der Waals surface area contributed by atoms with E-state index in [-0.39, 0.29) is 5.78 Å². The van der Waals surface area contributed by atoms with Crippen molar-refractivity contribution in [1.82, 2.24) is 4.90 Å². The molecular formula is C16H23NO2. The van der Waals surface area contributed by atoms with Crippen molar-refractivity contribution in [2.75, 3.05) is 26.2 Å². The van der Waals surface area contributed by atoms with Crippen LogP contribution in [-0.2, 0) is 0 Å². The second-order valence-electron chi connectivity index (χ2n) is 5.48. The Bertz CT molecular complexity index is 413. The van der Waals surface area contributed by atoms with Crippen molar-refractivity contribution < 1.29 is 9.53 Å². The van der Waals surface area contributed by atoms with Gasteiger partial charge in [0.1, 0.15) is 12.4 Å². The summed E-state index contributed by atoms with van der Waals surface area (Å²) in [7, 11) is 0. The van der Waals surface area contributed by atoms with Crippen molar-refractivity contribution in [3.8, 4) is 5.75 Å². The summed E-state index contributed by atoms with van der Waals surface area (Å²) >= 11 is 0. The Morgan fingerprint density at radius 1 is 1.37 bits per heavy atom. The number of hydrogen-bond donors (Lipinski definition) is 0. The van der Waals surface area contributed by atoms with E-state index in [1.165, 1.54) is 25.9 Å². The predicted octanol–water partition coefficient (Wildman–Crippen LogP) is 3.00. The Hall–Kier alpha value is -1.35. The maximum atomic E-state index is 11.2. The monoisotopic (exact) mass is 261 g/mol. The van der Waals surface area contributed by atoms with Crippen LogP contribution < -0.4 is 4.74 Å². The van der Waals surface area contributed by atoms with Gasteiger partial charge in [0.15, 0.2) is 5.78 Å². The fourth-order valence-electron chi connectivity index (χ4n) is 2.57. The molecule has 0 aliphatic carbocycles. The van der Waals surface area contributed by atoms with E-state index in [4.69, 9.17) is 4.74 Å². The van der Waals surface area contributed by atoms with Gasteiger partial charge in [0.25, 0.3) is 0 Å². The number of carbonyl (C=O) groups is 1. The van der Waals surface area contributed by atoms with Gasteiger partial charge in [0, 0.05) is 18.7 Å². The van der Waals surface area contributed by atoms with Gasteiger partial charge in [-0.1, -0.05) is 6.92 Å². The van der Waals surface area contributed by atoms with E-state index >= 15 is 0 Å². The molecule has 1 heterocycles. The Morgan fingerprint density at radius 2 is 2.11 bits per heavy atom. The quantitative estimate of drug-likeness (QED) is 0.763. The molecule has 3 nitrogen and oxygen atoms in total. The number of carbonyl (C=O) groups excluding carboxylic acids is 1. The fourth-order valence-corrected chi connectivity index (χ4v) is 2.57. The van der Waals surface area contributed by atoms with Gasteiger partial charge in [0.2, 0.25) is 0 Å². The van der Waals surface area contributed by atoms with Gasteiger partial charge < -0.3 is 4.74 Å². The Labute approximate surface area is 115 Å². The first-order valence-electron chi connectivity index (χ1n) is 7.11. The summed E-state index contributed by atoms with van der Waals surface area (Å²) in [5.41, 5.74) is 0.734. The number of ketones is 1. The summed E-state index contributed by atoms with van der Waals surface area (Å²) in [4.78, 5) is 13.6. The molecule has 0 unspecified atom stereocenters. The summed E-state index contributed by atoms with van der Waals surface area (Å²) in [5.74, 6) is 1.74. The molecule has 104 valence electrons. The van der Waals surface area contributed by atoms with Crippen LogP contribution in [0.25, 0.3) is 0 Å². The molecule has 1 aliphatic rings. The van der Waals surface area contributed by atoms with Crippen molar-refractivity contribution in [2.45, 2.75) is 26.7 Å². The molecule has 2 rings (SSSR count). The van der Waals surface area contributed by atoms with Crippen molar-refractivity contribution in [1.29, 1.82) is 0 Å². The summed E-state index contributed by atoms with van der Waals surface area (Å²) < 4.78 is 5.73. The van der Waals surface area contributed by atoms with Gasteiger partial charge in [-0.25, -0.2) is 0 Å². The van der Waals surface area contributed by atoms with Crippen LogP contribution in [0.4, 0.5) is 0 Å². The van der Waals surface area contributed by atoms with Gasteiger partial charge in [-0.2, -0.15) is 0 Å². The molecular weight excluding hydrogens is 238 g/mol. The highest BCUT2D eigenvalue weighted by Gasteiger charge is 2.15. The number of piperidine rings is 1. The van der Waals surface area contributed by atoms with Crippen molar-refractivity contribution in [2.24, 2.45) is 5.92 Å². The fraction of sp³-hybridized carbons (Fsp3) is 0.562. The minimum absolute atomic E-state index is 0.0915. The van der Waals surface area contributed by atoms with E-state index in [0.29, 0.717) is 6.61 Å². The number of hydrogen-bond acceptors (Lipinski definition) is 3. The Morgan fingerprint density at radius 3 is 2.74 bits per heavy atom. The third-order valence-electron chi connectivity index (χ3n) is 3.68. The third-order valence-corrected chi connectivity index (χ3v) is 3.68. The first kappa shape index (κ1) is 14.1. The summed E-state index contributed by atoms with van der Waals surface area (Å²) in [6.45, 7) is 7.97. The lowest BCUT2D eigenvalue weighted by Gasteiger charge is -2.30. The van der Waals surface area contributed by atoms with E-state index in [0.717, 1.165) is 23.8 Å². The number of likely N-dealkylation sites (tertiary alicyclic amines) is 1. The highest BCUT2D eigenvalue weighted by molar-refractivity contribution is 5.94. The molecule has 1 atom stereocenters. The first-order chi connectivity index (χ1) is 9.15. The van der Waals surface area contributed by atoms with Gasteiger partial charge >= 0.3 is 0 Å². The number of rotatable bonds is 5. The molecule has 1 saturated heterocycles. The molecule has 1 fully saturated rings. The van der Waals surface area contributed by atoms with Crippen molar-refractivity contribution in [3.05, 3.63) is 29.8 Å². The molecule has 0 radical (unpaired) electrons. The smallest absolute Gasteiger partial charge is 0.159 e. The predicted molar refractivity (Wildman–Crippen MR) is 76.8 cm³/mol. The maximum absolute atomic E-state index is 11.2. The van der Waals surface area contributed by atoms with Crippen LogP contribution in [0, 0.1) is 5.92 Å². The second-order valence-corrected chi connectivity index (χ2v) is 5.48. The third kappa shape index (κ3) is 4.35. The lowest BCUT2D eigenvalue weighted by atomic mass is 10.0. The molecule has 0 amide bonds. The normalized spacial score (nSPS) is 20.2. The van der Waals surface area contributed by atoms with E-state index < -0.39 is 0 Å². The van der Waals surface area contributed by atoms with Crippen LogP contribution >= 0.6 is 0 Å². The van der Waals surface area contributed by atoms with Gasteiger partial charge in [-0.3, -0.25) is 9.69 Å². The number of nitrogens with zero attached hydrogens (tertiary/aromatic N) is 1. The summed E-state index contributed by atoms with van der Waals surface area (Å²) in [6.07, 6.45) is 2.65. The van der Waals surface area contributed by atoms with Crippen LogP contribution in [0.5, 0.6) is 5.75 Å². The molecule has 0 N–H and O–H groups in total. The maximum Gasteiger partial charge on any atom is 0.159 e. The highest BCUT2D eigenvalue weighted by Crippen LogP contribution is 2.16. The van der Waals surface area contributed by atoms with Crippen molar-refractivity contribution in [3.63, 3.8) is 0 Å². The largest absolute Gasteiger partial charge is 0.492 e. The van der Waals surface area contributed by atoms with Gasteiger partial charge in [-0.05, 0) is 56.5 Å². The molecule has 0 aromatic heterocycles. The van der Waals surface area contributed by atoms with Crippen LogP contribution in [0.15, 0.2) is 24.3 Å².